The Morgan fingerprint density at radius 3 is 2.62 bits per heavy atom. The predicted molar refractivity (Wildman–Crippen MR) is 137 cm³/mol. The minimum Gasteiger partial charge on any atom is -0.384 e. The zero-order chi connectivity index (χ0) is 26.5. The summed E-state index contributed by atoms with van der Waals surface area (Å²) in [6.45, 7) is 1.89. The summed E-state index contributed by atoms with van der Waals surface area (Å²) in [5.74, 6) is -1.28. The van der Waals surface area contributed by atoms with Crippen molar-refractivity contribution < 1.29 is 14.4 Å². The van der Waals surface area contributed by atoms with Crippen LogP contribution in [0.1, 0.15) is 36.1 Å². The highest BCUT2D eigenvalue weighted by atomic mass is 16.2. The van der Waals surface area contributed by atoms with Crippen LogP contribution in [0, 0.1) is 17.2 Å². The van der Waals surface area contributed by atoms with E-state index < -0.39 is 35.8 Å². The fourth-order valence-electron chi connectivity index (χ4n) is 4.49. The van der Waals surface area contributed by atoms with Gasteiger partial charge in [-0.25, -0.2) is 9.78 Å². The molecule has 3 N–H and O–H groups in total. The van der Waals surface area contributed by atoms with Crippen molar-refractivity contribution in [3.8, 4) is 6.07 Å². The molecule has 3 heterocycles. The average Bonchev–Trinajstić information content (AvgIpc) is 2.92. The van der Waals surface area contributed by atoms with Gasteiger partial charge in [-0.3, -0.25) is 19.5 Å². The van der Waals surface area contributed by atoms with Gasteiger partial charge in [0, 0.05) is 31.3 Å². The second-order valence-corrected chi connectivity index (χ2v) is 8.80. The average molecular weight is 498 g/mol. The highest BCUT2D eigenvalue weighted by Crippen LogP contribution is 2.33. The maximum absolute atomic E-state index is 13.6. The van der Waals surface area contributed by atoms with Gasteiger partial charge in [-0.15, -0.1) is 0 Å². The van der Waals surface area contributed by atoms with Gasteiger partial charge in [0.1, 0.15) is 11.9 Å². The number of aromatic nitrogens is 2. The number of benzene rings is 1. The Bertz CT molecular complexity index is 1360. The smallest absolute Gasteiger partial charge is 0.325 e. The normalized spacial score (nSPS) is 17.3. The number of pyridine rings is 2. The van der Waals surface area contributed by atoms with E-state index in [9.17, 15) is 19.6 Å². The number of nitrogens with one attached hydrogen (secondary N) is 1. The lowest BCUT2D eigenvalue weighted by Crippen LogP contribution is -2.70. The number of carbonyl (C=O) groups is 3. The van der Waals surface area contributed by atoms with E-state index in [1.54, 1.807) is 68.1 Å². The SMILES string of the molecule is CC[C@@H](NC(=O)N1C(=O)C(Cc2ccnc(N)c2)[C@H]1C(=O)N(C)c1ccncc1)c1cccc(C#N)c1. The summed E-state index contributed by atoms with van der Waals surface area (Å²) in [6, 6.07) is 13.6. The van der Waals surface area contributed by atoms with Crippen LogP contribution < -0.4 is 16.0 Å². The number of likely N-dealkylation sites (tertiary alicyclic amines) is 1. The van der Waals surface area contributed by atoms with Crippen molar-refractivity contribution in [3.05, 3.63) is 83.8 Å². The third-order valence-electron chi connectivity index (χ3n) is 6.49. The van der Waals surface area contributed by atoms with Crippen LogP contribution in [0.25, 0.3) is 0 Å². The Kier molecular flexibility index (Phi) is 7.44. The van der Waals surface area contributed by atoms with E-state index in [1.807, 2.05) is 13.0 Å². The van der Waals surface area contributed by atoms with Crippen molar-refractivity contribution in [2.75, 3.05) is 17.7 Å². The standard InChI is InChI=1S/C27H27N7O3/c1-3-22(19-6-4-5-18(13-19)16-28)32-27(37)34-24(26(36)33(2)20-8-10-30-11-9-20)21(25(34)35)14-17-7-12-31-23(29)15-17/h4-13,15,21-22,24H,3,14H2,1-2H3,(H2,29,31)(H,32,37)/t21?,22-,24+/m1/s1. The summed E-state index contributed by atoms with van der Waals surface area (Å²) in [6.07, 6.45) is 5.43. The Hall–Kier alpha value is -4.78. The molecule has 10 nitrogen and oxygen atoms in total. The van der Waals surface area contributed by atoms with Gasteiger partial charge in [-0.1, -0.05) is 19.1 Å². The number of anilines is 2. The summed E-state index contributed by atoms with van der Waals surface area (Å²) in [5.41, 5.74) is 8.34. The third-order valence-corrected chi connectivity index (χ3v) is 6.49. The second-order valence-electron chi connectivity index (χ2n) is 8.80. The van der Waals surface area contributed by atoms with Gasteiger partial charge in [0.05, 0.1) is 23.6 Å². The molecule has 1 aromatic carbocycles. The summed E-state index contributed by atoms with van der Waals surface area (Å²) in [4.78, 5) is 50.6. The topological polar surface area (TPSA) is 145 Å². The molecule has 4 rings (SSSR count). The van der Waals surface area contributed by atoms with Crippen molar-refractivity contribution >= 4 is 29.4 Å². The number of nitriles is 1. The van der Waals surface area contributed by atoms with Gasteiger partial charge in [-0.2, -0.15) is 5.26 Å². The van der Waals surface area contributed by atoms with Crippen molar-refractivity contribution in [1.29, 1.82) is 5.26 Å². The molecule has 10 heteroatoms. The van der Waals surface area contributed by atoms with Crippen LogP contribution >= 0.6 is 0 Å². The Morgan fingerprint density at radius 2 is 1.95 bits per heavy atom. The summed E-state index contributed by atoms with van der Waals surface area (Å²) >= 11 is 0. The first kappa shape index (κ1) is 25.3. The fraction of sp³-hybridized carbons (Fsp3) is 0.259. The summed E-state index contributed by atoms with van der Waals surface area (Å²) < 4.78 is 0. The molecule has 1 aliphatic heterocycles. The van der Waals surface area contributed by atoms with Crippen LogP contribution in [0.2, 0.25) is 0 Å². The number of hydrogen-bond acceptors (Lipinski definition) is 7. The molecule has 37 heavy (non-hydrogen) atoms. The van der Waals surface area contributed by atoms with E-state index in [-0.39, 0.29) is 6.42 Å². The summed E-state index contributed by atoms with van der Waals surface area (Å²) in [7, 11) is 1.60. The maximum Gasteiger partial charge on any atom is 0.325 e. The molecule has 4 amide bonds. The van der Waals surface area contributed by atoms with Crippen LogP contribution in [-0.4, -0.2) is 45.8 Å². The molecule has 0 saturated carbocycles. The molecule has 0 aliphatic carbocycles. The molecule has 3 aromatic rings. The minimum absolute atomic E-state index is 0.233. The van der Waals surface area contributed by atoms with Gasteiger partial charge >= 0.3 is 6.03 Å². The quantitative estimate of drug-likeness (QED) is 0.477. The van der Waals surface area contributed by atoms with Crippen LogP contribution in [0.3, 0.4) is 0 Å². The number of β-lactam (4-membered cyclic amide) rings is 1. The monoisotopic (exact) mass is 497 g/mol. The number of nitrogens with zero attached hydrogens (tertiary/aromatic N) is 5. The van der Waals surface area contributed by atoms with Crippen LogP contribution in [0.5, 0.6) is 0 Å². The fourth-order valence-corrected chi connectivity index (χ4v) is 4.49. The summed E-state index contributed by atoms with van der Waals surface area (Å²) in [5, 5.41) is 12.1. The van der Waals surface area contributed by atoms with E-state index in [4.69, 9.17) is 5.73 Å². The van der Waals surface area contributed by atoms with Crippen LogP contribution in [0.4, 0.5) is 16.3 Å². The van der Waals surface area contributed by atoms with Crippen molar-refractivity contribution in [2.24, 2.45) is 5.92 Å². The molecule has 1 unspecified atom stereocenters. The highest BCUT2D eigenvalue weighted by Gasteiger charge is 2.55. The lowest BCUT2D eigenvalue weighted by atomic mass is 9.81. The first-order valence-corrected chi connectivity index (χ1v) is 11.9. The predicted octanol–water partition coefficient (Wildman–Crippen LogP) is 2.82. The first-order chi connectivity index (χ1) is 17.8. The lowest BCUT2D eigenvalue weighted by molar-refractivity contribution is -0.156. The zero-order valence-electron chi connectivity index (χ0n) is 20.5. The molecule has 1 saturated heterocycles. The molecule has 1 aliphatic rings. The lowest BCUT2D eigenvalue weighted by Gasteiger charge is -2.46. The molecule has 2 aromatic heterocycles. The molecule has 188 valence electrons. The van der Waals surface area contributed by atoms with E-state index in [0.29, 0.717) is 23.5 Å². The second kappa shape index (κ2) is 10.9. The van der Waals surface area contributed by atoms with Crippen LogP contribution in [-0.2, 0) is 16.0 Å². The zero-order valence-corrected chi connectivity index (χ0v) is 20.5. The number of imide groups is 1. The molecular formula is C27H27N7O3. The minimum atomic E-state index is -1.01. The number of amides is 4. The largest absolute Gasteiger partial charge is 0.384 e. The number of carbonyl (C=O) groups excluding carboxylic acids is 3. The van der Waals surface area contributed by atoms with Gasteiger partial charge < -0.3 is 16.0 Å². The molecule has 1 fully saturated rings. The Labute approximate surface area is 214 Å². The molecular weight excluding hydrogens is 470 g/mol. The highest BCUT2D eigenvalue weighted by molar-refractivity contribution is 6.12. The van der Waals surface area contributed by atoms with Gasteiger partial charge in [-0.05, 0) is 60.4 Å². The number of urea groups is 1. The number of nitrogen functional groups attached to an aromatic ring is 1. The molecule has 0 spiro atoms. The molecule has 3 atom stereocenters. The molecule has 0 bridgehead atoms. The number of likely N-dealkylation sites (N-methyl/N-ethyl adjacent to an activating group) is 1. The van der Waals surface area contributed by atoms with Crippen molar-refractivity contribution in [1.82, 2.24) is 20.2 Å². The number of nitrogens with two attached hydrogens (primary N) is 1. The van der Waals surface area contributed by atoms with Crippen LogP contribution in [0.15, 0.2) is 67.1 Å². The van der Waals surface area contributed by atoms with Crippen molar-refractivity contribution in [2.45, 2.75) is 31.8 Å². The first-order valence-electron chi connectivity index (χ1n) is 11.9. The number of rotatable bonds is 7. The third kappa shape index (κ3) is 5.26. The van der Waals surface area contributed by atoms with E-state index in [2.05, 4.69) is 21.4 Å². The van der Waals surface area contributed by atoms with E-state index in [1.165, 1.54) is 4.90 Å². The van der Waals surface area contributed by atoms with E-state index >= 15 is 0 Å². The van der Waals surface area contributed by atoms with Gasteiger partial charge in [0.15, 0.2) is 0 Å². The van der Waals surface area contributed by atoms with Gasteiger partial charge in [0.2, 0.25) is 5.91 Å². The van der Waals surface area contributed by atoms with Crippen molar-refractivity contribution in [3.63, 3.8) is 0 Å². The Morgan fingerprint density at radius 1 is 1.19 bits per heavy atom. The number of hydrogen-bond donors (Lipinski definition) is 2. The molecule has 0 radical (unpaired) electrons. The maximum atomic E-state index is 13.6. The Balaban J connectivity index is 1.60. The van der Waals surface area contributed by atoms with Gasteiger partial charge in [0.25, 0.3) is 5.91 Å². The van der Waals surface area contributed by atoms with E-state index in [0.717, 1.165) is 16.0 Å².